The summed E-state index contributed by atoms with van der Waals surface area (Å²) in [7, 11) is 5.74. The third kappa shape index (κ3) is 6.42. The molecule has 0 N–H and O–H groups in total. The molecule has 0 saturated heterocycles. The SMILES string of the molecule is COc1ccc2c(c1)c(CCN(C)C)cn2C(=O)CC(C)(C)c1c(C)cc(C)cc1OC(=O)C(C)(C)C. The maximum atomic E-state index is 13.8. The highest BCUT2D eigenvalue weighted by Gasteiger charge is 2.33. The summed E-state index contributed by atoms with van der Waals surface area (Å²) in [5, 5.41) is 1.03. The van der Waals surface area contributed by atoms with Crippen molar-refractivity contribution in [2.45, 2.75) is 66.7 Å². The van der Waals surface area contributed by atoms with Crippen LogP contribution in [0.1, 0.15) is 68.1 Å². The number of likely N-dealkylation sites (N-methyl/N-ethyl adjacent to an activating group) is 1. The fourth-order valence-corrected chi connectivity index (χ4v) is 4.83. The Morgan fingerprint density at radius 2 is 1.68 bits per heavy atom. The minimum atomic E-state index is -0.636. The Bertz CT molecular complexity index is 1310. The number of esters is 1. The van der Waals surface area contributed by atoms with Gasteiger partial charge in [-0.1, -0.05) is 19.9 Å². The molecule has 6 nitrogen and oxygen atoms in total. The molecule has 0 aliphatic carbocycles. The first-order valence-corrected chi connectivity index (χ1v) is 12.8. The number of hydrogen-bond donors (Lipinski definition) is 0. The first-order chi connectivity index (χ1) is 17.1. The Labute approximate surface area is 221 Å². The Hall–Kier alpha value is -3.12. The van der Waals surface area contributed by atoms with Gasteiger partial charge in [-0.15, -0.1) is 0 Å². The van der Waals surface area contributed by atoms with E-state index in [0.29, 0.717) is 5.75 Å². The number of methoxy groups -OCH3 is 1. The molecule has 0 radical (unpaired) electrons. The van der Waals surface area contributed by atoms with Crippen molar-refractivity contribution in [2.24, 2.45) is 5.41 Å². The number of aryl methyl sites for hydroxylation is 2. The van der Waals surface area contributed by atoms with Crippen LogP contribution in [0.3, 0.4) is 0 Å². The molecule has 0 atom stereocenters. The second-order valence-corrected chi connectivity index (χ2v) is 12.0. The highest BCUT2D eigenvalue weighted by atomic mass is 16.5. The number of nitrogens with zero attached hydrogens (tertiary/aromatic N) is 2. The Kier molecular flexibility index (Phi) is 8.23. The molecule has 0 amide bonds. The van der Waals surface area contributed by atoms with Gasteiger partial charge >= 0.3 is 5.97 Å². The van der Waals surface area contributed by atoms with Crippen LogP contribution in [0, 0.1) is 19.3 Å². The Morgan fingerprint density at radius 1 is 1.00 bits per heavy atom. The summed E-state index contributed by atoms with van der Waals surface area (Å²) < 4.78 is 13.2. The van der Waals surface area contributed by atoms with Crippen LogP contribution in [0.15, 0.2) is 36.5 Å². The highest BCUT2D eigenvalue weighted by Crippen LogP contribution is 2.39. The second-order valence-electron chi connectivity index (χ2n) is 12.0. The molecule has 0 spiro atoms. The number of fused-ring (bicyclic) bond motifs is 1. The molecule has 0 unspecified atom stereocenters. The van der Waals surface area contributed by atoms with Crippen LogP contribution < -0.4 is 9.47 Å². The number of ether oxygens (including phenoxy) is 2. The molecule has 3 rings (SSSR count). The van der Waals surface area contributed by atoms with Crippen molar-refractivity contribution in [2.75, 3.05) is 27.7 Å². The van der Waals surface area contributed by atoms with Crippen molar-refractivity contribution >= 4 is 22.8 Å². The second kappa shape index (κ2) is 10.7. The number of carbonyl (C=O) groups excluding carboxylic acids is 2. The van der Waals surface area contributed by atoms with E-state index in [1.54, 1.807) is 11.7 Å². The van der Waals surface area contributed by atoms with Crippen molar-refractivity contribution in [3.8, 4) is 11.5 Å². The lowest BCUT2D eigenvalue weighted by Gasteiger charge is -2.30. The molecule has 0 fully saturated rings. The third-order valence-corrected chi connectivity index (χ3v) is 6.72. The highest BCUT2D eigenvalue weighted by molar-refractivity contribution is 5.95. The van der Waals surface area contributed by atoms with Crippen molar-refractivity contribution < 1.29 is 19.1 Å². The summed E-state index contributed by atoms with van der Waals surface area (Å²) in [5.74, 6) is 0.995. The lowest BCUT2D eigenvalue weighted by molar-refractivity contribution is -0.143. The molecule has 37 heavy (non-hydrogen) atoms. The summed E-state index contributed by atoms with van der Waals surface area (Å²) in [5.41, 5.74) is 3.67. The van der Waals surface area contributed by atoms with E-state index in [-0.39, 0.29) is 18.3 Å². The van der Waals surface area contributed by atoms with E-state index in [1.807, 2.05) is 93.0 Å². The number of aromatic nitrogens is 1. The standard InChI is InChI=1S/C31H42N2O4/c1-20-15-21(2)28(26(16-20)37-29(35)30(3,4)5)31(6,7)18-27(34)33-19-22(13-14-32(8)9)24-17-23(36-10)11-12-25(24)33/h11-12,15-17,19H,13-14,18H2,1-10H3. The van der Waals surface area contributed by atoms with E-state index in [9.17, 15) is 9.59 Å². The summed E-state index contributed by atoms with van der Waals surface area (Å²) in [4.78, 5) is 28.8. The minimum absolute atomic E-state index is 0.00987. The molecular weight excluding hydrogens is 464 g/mol. The zero-order valence-corrected chi connectivity index (χ0v) is 24.1. The third-order valence-electron chi connectivity index (χ3n) is 6.72. The van der Waals surface area contributed by atoms with Crippen LogP contribution >= 0.6 is 0 Å². The van der Waals surface area contributed by atoms with Crippen LogP contribution in [-0.2, 0) is 16.6 Å². The maximum absolute atomic E-state index is 13.8. The van der Waals surface area contributed by atoms with Gasteiger partial charge in [-0.05, 0) is 96.1 Å². The molecule has 0 saturated carbocycles. The molecule has 1 aromatic heterocycles. The van der Waals surface area contributed by atoms with E-state index in [4.69, 9.17) is 9.47 Å². The van der Waals surface area contributed by atoms with E-state index in [1.165, 1.54) is 0 Å². The van der Waals surface area contributed by atoms with Gasteiger partial charge in [0.25, 0.3) is 0 Å². The summed E-state index contributed by atoms with van der Waals surface area (Å²) >= 11 is 0. The quantitative estimate of drug-likeness (QED) is 0.264. The average Bonchev–Trinajstić information content (AvgIpc) is 3.13. The summed E-state index contributed by atoms with van der Waals surface area (Å²) in [6.07, 6.45) is 3.04. The first kappa shape index (κ1) is 28.5. The fourth-order valence-electron chi connectivity index (χ4n) is 4.83. The van der Waals surface area contributed by atoms with Gasteiger partial charge in [0.2, 0.25) is 5.91 Å². The van der Waals surface area contributed by atoms with Gasteiger partial charge in [0.1, 0.15) is 11.5 Å². The summed E-state index contributed by atoms with van der Waals surface area (Å²) in [6.45, 7) is 14.5. The molecule has 200 valence electrons. The van der Waals surface area contributed by atoms with E-state index in [2.05, 4.69) is 11.0 Å². The first-order valence-electron chi connectivity index (χ1n) is 12.8. The van der Waals surface area contributed by atoms with Gasteiger partial charge in [0.05, 0.1) is 18.0 Å². The molecular formula is C31H42N2O4. The zero-order chi connectivity index (χ0) is 27.7. The fraction of sp³-hybridized carbons (Fsp3) is 0.484. The van der Waals surface area contributed by atoms with Crippen LogP contribution in [0.5, 0.6) is 11.5 Å². The lowest BCUT2D eigenvalue weighted by Crippen LogP contribution is -2.30. The van der Waals surface area contributed by atoms with Crippen LogP contribution in [0.2, 0.25) is 0 Å². The molecule has 6 heteroatoms. The monoisotopic (exact) mass is 506 g/mol. The lowest BCUT2D eigenvalue weighted by atomic mass is 9.78. The van der Waals surface area contributed by atoms with Crippen molar-refractivity contribution in [3.05, 3.63) is 58.8 Å². The van der Waals surface area contributed by atoms with E-state index in [0.717, 1.165) is 51.9 Å². The Morgan fingerprint density at radius 3 is 2.27 bits per heavy atom. The van der Waals surface area contributed by atoms with Crippen LogP contribution in [-0.4, -0.2) is 49.1 Å². The predicted molar refractivity (Wildman–Crippen MR) is 150 cm³/mol. The van der Waals surface area contributed by atoms with Gasteiger partial charge in [-0.25, -0.2) is 0 Å². The van der Waals surface area contributed by atoms with Gasteiger partial charge in [-0.3, -0.25) is 14.2 Å². The van der Waals surface area contributed by atoms with Gasteiger partial charge < -0.3 is 14.4 Å². The molecule has 0 bridgehead atoms. The van der Waals surface area contributed by atoms with E-state index < -0.39 is 10.8 Å². The molecule has 0 aliphatic rings. The van der Waals surface area contributed by atoms with Crippen molar-refractivity contribution in [1.82, 2.24) is 9.47 Å². The zero-order valence-electron chi connectivity index (χ0n) is 24.1. The number of rotatable bonds is 8. The Balaban J connectivity index is 2.02. The van der Waals surface area contributed by atoms with Crippen LogP contribution in [0.25, 0.3) is 10.9 Å². The minimum Gasteiger partial charge on any atom is -0.497 e. The number of hydrogen-bond acceptors (Lipinski definition) is 5. The van der Waals surface area contributed by atoms with Gasteiger partial charge in [0.15, 0.2) is 0 Å². The molecule has 3 aromatic rings. The average molecular weight is 507 g/mol. The summed E-state index contributed by atoms with van der Waals surface area (Å²) in [6, 6.07) is 9.82. The van der Waals surface area contributed by atoms with Gasteiger partial charge in [-0.2, -0.15) is 0 Å². The number of benzene rings is 2. The normalized spacial score (nSPS) is 12.3. The maximum Gasteiger partial charge on any atom is 0.316 e. The van der Waals surface area contributed by atoms with E-state index >= 15 is 0 Å². The number of carbonyl (C=O) groups is 2. The molecule has 1 heterocycles. The molecule has 2 aromatic carbocycles. The van der Waals surface area contributed by atoms with Crippen molar-refractivity contribution in [3.63, 3.8) is 0 Å². The van der Waals surface area contributed by atoms with Crippen molar-refractivity contribution in [1.29, 1.82) is 0 Å². The smallest absolute Gasteiger partial charge is 0.316 e. The topological polar surface area (TPSA) is 60.8 Å². The predicted octanol–water partition coefficient (Wildman–Crippen LogP) is 6.33. The van der Waals surface area contributed by atoms with Crippen LogP contribution in [0.4, 0.5) is 0 Å². The molecule has 0 aliphatic heterocycles. The van der Waals surface area contributed by atoms with Gasteiger partial charge in [0, 0.05) is 35.5 Å². The largest absolute Gasteiger partial charge is 0.497 e.